The standard InChI is InChI=1S/C18H24FN3O2/c1-22-15-6-5-13(19)11-14(15)21-16(22)7-10-20-17(23)12-18(24)8-3-2-4-9-18/h5-6,11,24H,2-4,7-10,12H2,1H3,(H,20,23). The Kier molecular flexibility index (Phi) is 4.85. The van der Waals surface area contributed by atoms with Crippen LogP contribution in [0.5, 0.6) is 0 Å². The lowest BCUT2D eigenvalue weighted by Gasteiger charge is -2.31. The summed E-state index contributed by atoms with van der Waals surface area (Å²) in [5.74, 6) is 0.373. The van der Waals surface area contributed by atoms with Crippen molar-refractivity contribution in [2.75, 3.05) is 6.54 Å². The van der Waals surface area contributed by atoms with E-state index in [-0.39, 0.29) is 18.1 Å². The molecule has 0 saturated heterocycles. The molecule has 1 aliphatic rings. The molecule has 1 aromatic carbocycles. The molecule has 2 N–H and O–H groups in total. The van der Waals surface area contributed by atoms with Crippen LogP contribution in [-0.4, -0.2) is 32.7 Å². The molecule has 0 spiro atoms. The van der Waals surface area contributed by atoms with Crippen molar-refractivity contribution >= 4 is 16.9 Å². The van der Waals surface area contributed by atoms with Crippen molar-refractivity contribution in [2.24, 2.45) is 7.05 Å². The van der Waals surface area contributed by atoms with Crippen LogP contribution in [0.1, 0.15) is 44.3 Å². The molecular weight excluding hydrogens is 309 g/mol. The van der Waals surface area contributed by atoms with Crippen LogP contribution in [0.15, 0.2) is 18.2 Å². The van der Waals surface area contributed by atoms with E-state index in [0.717, 1.165) is 30.6 Å². The van der Waals surface area contributed by atoms with Crippen molar-refractivity contribution in [1.82, 2.24) is 14.9 Å². The number of carbonyl (C=O) groups is 1. The van der Waals surface area contributed by atoms with Crippen LogP contribution in [0.4, 0.5) is 4.39 Å². The van der Waals surface area contributed by atoms with E-state index in [1.807, 2.05) is 11.6 Å². The molecule has 2 aromatic rings. The van der Waals surface area contributed by atoms with Gasteiger partial charge >= 0.3 is 0 Å². The van der Waals surface area contributed by atoms with Gasteiger partial charge < -0.3 is 15.0 Å². The third kappa shape index (κ3) is 3.75. The van der Waals surface area contributed by atoms with Gasteiger partial charge in [-0.3, -0.25) is 4.79 Å². The number of hydrogen-bond donors (Lipinski definition) is 2. The van der Waals surface area contributed by atoms with E-state index in [0.29, 0.717) is 31.3 Å². The molecule has 0 atom stereocenters. The Morgan fingerprint density at radius 2 is 2.12 bits per heavy atom. The van der Waals surface area contributed by atoms with E-state index in [2.05, 4.69) is 10.3 Å². The number of carbonyl (C=O) groups excluding carboxylic acids is 1. The third-order valence-electron chi connectivity index (χ3n) is 4.88. The predicted octanol–water partition coefficient (Wildman–Crippen LogP) is 2.46. The maximum absolute atomic E-state index is 13.3. The second-order valence-electron chi connectivity index (χ2n) is 6.78. The quantitative estimate of drug-likeness (QED) is 0.883. The van der Waals surface area contributed by atoms with Gasteiger partial charge in [-0.25, -0.2) is 9.37 Å². The average molecular weight is 333 g/mol. The Morgan fingerprint density at radius 1 is 1.38 bits per heavy atom. The van der Waals surface area contributed by atoms with E-state index in [9.17, 15) is 14.3 Å². The van der Waals surface area contributed by atoms with Crippen molar-refractivity contribution in [3.63, 3.8) is 0 Å². The molecule has 5 nitrogen and oxygen atoms in total. The fourth-order valence-corrected chi connectivity index (χ4v) is 3.51. The van der Waals surface area contributed by atoms with Crippen LogP contribution in [0, 0.1) is 5.82 Å². The molecule has 1 saturated carbocycles. The summed E-state index contributed by atoms with van der Waals surface area (Å²) < 4.78 is 15.2. The molecule has 0 radical (unpaired) electrons. The number of aromatic nitrogens is 2. The summed E-state index contributed by atoms with van der Waals surface area (Å²) in [5.41, 5.74) is 0.655. The molecule has 0 unspecified atom stereocenters. The van der Waals surface area contributed by atoms with E-state index in [1.165, 1.54) is 12.1 Å². The number of rotatable bonds is 5. The van der Waals surface area contributed by atoms with Gasteiger partial charge in [0, 0.05) is 26.1 Å². The number of aliphatic hydroxyl groups is 1. The van der Waals surface area contributed by atoms with Crippen LogP contribution >= 0.6 is 0 Å². The zero-order valence-electron chi connectivity index (χ0n) is 14.0. The van der Waals surface area contributed by atoms with Crippen molar-refractivity contribution in [3.8, 4) is 0 Å². The summed E-state index contributed by atoms with van der Waals surface area (Å²) in [4.78, 5) is 16.5. The molecule has 0 aliphatic heterocycles. The first-order valence-electron chi connectivity index (χ1n) is 8.57. The molecule has 3 rings (SSSR count). The molecule has 130 valence electrons. The molecule has 1 heterocycles. The monoisotopic (exact) mass is 333 g/mol. The number of imidazole rings is 1. The lowest BCUT2D eigenvalue weighted by atomic mass is 9.82. The Labute approximate surface area is 140 Å². The predicted molar refractivity (Wildman–Crippen MR) is 90.0 cm³/mol. The van der Waals surface area contributed by atoms with Gasteiger partial charge in [-0.1, -0.05) is 19.3 Å². The first-order chi connectivity index (χ1) is 11.5. The van der Waals surface area contributed by atoms with Gasteiger partial charge in [0.05, 0.1) is 23.1 Å². The number of benzene rings is 1. The smallest absolute Gasteiger partial charge is 0.222 e. The van der Waals surface area contributed by atoms with Crippen LogP contribution in [0.25, 0.3) is 11.0 Å². The minimum Gasteiger partial charge on any atom is -0.389 e. The summed E-state index contributed by atoms with van der Waals surface area (Å²) in [5, 5.41) is 13.3. The van der Waals surface area contributed by atoms with Gasteiger partial charge in [0.1, 0.15) is 11.6 Å². The molecule has 0 bridgehead atoms. The van der Waals surface area contributed by atoms with Gasteiger partial charge in [0.15, 0.2) is 0 Å². The van der Waals surface area contributed by atoms with Crippen LogP contribution in [0.2, 0.25) is 0 Å². The number of fused-ring (bicyclic) bond motifs is 1. The van der Waals surface area contributed by atoms with Crippen molar-refractivity contribution in [2.45, 2.75) is 50.5 Å². The van der Waals surface area contributed by atoms with Crippen LogP contribution in [-0.2, 0) is 18.3 Å². The fourth-order valence-electron chi connectivity index (χ4n) is 3.51. The number of amides is 1. The summed E-state index contributed by atoms with van der Waals surface area (Å²) in [7, 11) is 1.88. The molecular formula is C18H24FN3O2. The molecule has 1 fully saturated rings. The van der Waals surface area contributed by atoms with E-state index in [1.54, 1.807) is 6.07 Å². The molecule has 1 amide bonds. The third-order valence-corrected chi connectivity index (χ3v) is 4.88. The second kappa shape index (κ2) is 6.89. The normalized spacial score (nSPS) is 17.1. The highest BCUT2D eigenvalue weighted by atomic mass is 19.1. The SMILES string of the molecule is Cn1c(CCNC(=O)CC2(O)CCCCC2)nc2cc(F)ccc21. The number of nitrogens with zero attached hydrogens (tertiary/aromatic N) is 2. The Hall–Kier alpha value is -1.95. The van der Waals surface area contributed by atoms with Gasteiger partial charge in [0.2, 0.25) is 5.91 Å². The first kappa shape index (κ1) is 16.9. The number of halogens is 1. The summed E-state index contributed by atoms with van der Waals surface area (Å²) in [6, 6.07) is 4.54. The van der Waals surface area contributed by atoms with E-state index >= 15 is 0 Å². The minimum absolute atomic E-state index is 0.121. The zero-order valence-corrected chi connectivity index (χ0v) is 14.0. The summed E-state index contributed by atoms with van der Waals surface area (Å²) in [6.45, 7) is 0.453. The lowest BCUT2D eigenvalue weighted by molar-refractivity contribution is -0.127. The Morgan fingerprint density at radius 3 is 2.88 bits per heavy atom. The van der Waals surface area contributed by atoms with Gasteiger partial charge in [-0.2, -0.15) is 0 Å². The van der Waals surface area contributed by atoms with E-state index < -0.39 is 5.60 Å². The van der Waals surface area contributed by atoms with Gasteiger partial charge in [-0.05, 0) is 25.0 Å². The molecule has 1 aromatic heterocycles. The van der Waals surface area contributed by atoms with Crippen LogP contribution in [0.3, 0.4) is 0 Å². The maximum Gasteiger partial charge on any atom is 0.222 e. The fraction of sp³-hybridized carbons (Fsp3) is 0.556. The largest absolute Gasteiger partial charge is 0.389 e. The maximum atomic E-state index is 13.3. The van der Waals surface area contributed by atoms with Crippen molar-refractivity contribution in [1.29, 1.82) is 0 Å². The number of aryl methyl sites for hydroxylation is 1. The van der Waals surface area contributed by atoms with Gasteiger partial charge in [-0.15, -0.1) is 0 Å². The number of nitrogens with one attached hydrogen (secondary N) is 1. The Bertz CT molecular complexity index is 735. The Balaban J connectivity index is 1.54. The number of hydrogen-bond acceptors (Lipinski definition) is 3. The van der Waals surface area contributed by atoms with Crippen molar-refractivity contribution < 1.29 is 14.3 Å². The lowest BCUT2D eigenvalue weighted by Crippen LogP contribution is -2.39. The second-order valence-corrected chi connectivity index (χ2v) is 6.78. The topological polar surface area (TPSA) is 67.2 Å². The van der Waals surface area contributed by atoms with Gasteiger partial charge in [0.25, 0.3) is 0 Å². The van der Waals surface area contributed by atoms with Crippen molar-refractivity contribution in [3.05, 3.63) is 29.8 Å². The first-order valence-corrected chi connectivity index (χ1v) is 8.57. The minimum atomic E-state index is -0.836. The molecule has 24 heavy (non-hydrogen) atoms. The molecule has 6 heteroatoms. The highest BCUT2D eigenvalue weighted by molar-refractivity contribution is 5.77. The molecule has 1 aliphatic carbocycles. The van der Waals surface area contributed by atoms with Crippen LogP contribution < -0.4 is 5.32 Å². The summed E-state index contributed by atoms with van der Waals surface area (Å²) >= 11 is 0. The highest BCUT2D eigenvalue weighted by Gasteiger charge is 2.31. The highest BCUT2D eigenvalue weighted by Crippen LogP contribution is 2.30. The van der Waals surface area contributed by atoms with E-state index in [4.69, 9.17) is 0 Å². The summed E-state index contributed by atoms with van der Waals surface area (Å²) in [6.07, 6.45) is 5.25. The zero-order chi connectivity index (χ0) is 17.2. The average Bonchev–Trinajstić information content (AvgIpc) is 2.83.